The number of carbonyl (C=O) groups is 2. The van der Waals surface area contributed by atoms with Gasteiger partial charge in [0.1, 0.15) is 5.82 Å². The number of aromatic nitrogens is 2. The third-order valence-corrected chi connectivity index (χ3v) is 4.44. The summed E-state index contributed by atoms with van der Waals surface area (Å²) in [5.74, 6) is -2.61. The molecule has 134 valence electrons. The summed E-state index contributed by atoms with van der Waals surface area (Å²) >= 11 is 0. The predicted octanol–water partition coefficient (Wildman–Crippen LogP) is 2.53. The van der Waals surface area contributed by atoms with Gasteiger partial charge in [0.05, 0.1) is 11.6 Å². The van der Waals surface area contributed by atoms with E-state index in [4.69, 9.17) is 0 Å². The summed E-state index contributed by atoms with van der Waals surface area (Å²) < 4.78 is 15.1. The number of hydrogen-bond acceptors (Lipinski definition) is 3. The number of halogens is 1. The zero-order valence-corrected chi connectivity index (χ0v) is 14.9. The Balaban J connectivity index is 2.28. The number of aliphatic carboxylic acids is 1. The molecule has 7 heteroatoms. The first kappa shape index (κ1) is 18.6. The average molecular weight is 347 g/mol. The third-order valence-electron chi connectivity index (χ3n) is 4.44. The van der Waals surface area contributed by atoms with Gasteiger partial charge in [-0.25, -0.2) is 9.18 Å². The molecule has 2 rings (SSSR count). The van der Waals surface area contributed by atoms with Crippen molar-refractivity contribution in [1.82, 2.24) is 15.1 Å². The number of nitrogens with one attached hydrogen (secondary N) is 1. The highest BCUT2D eigenvalue weighted by atomic mass is 19.1. The van der Waals surface area contributed by atoms with E-state index < -0.39 is 29.7 Å². The number of carboxylic acid groups (broad SMARTS) is 1. The van der Waals surface area contributed by atoms with Crippen molar-refractivity contribution in [2.75, 3.05) is 0 Å². The number of aryl methyl sites for hydroxylation is 3. The Morgan fingerprint density at radius 2 is 1.92 bits per heavy atom. The molecule has 0 saturated carbocycles. The van der Waals surface area contributed by atoms with E-state index in [1.165, 1.54) is 18.2 Å². The molecule has 0 bridgehead atoms. The lowest BCUT2D eigenvalue weighted by molar-refractivity contribution is -0.142. The monoisotopic (exact) mass is 347 g/mol. The van der Waals surface area contributed by atoms with E-state index in [0.717, 1.165) is 17.0 Å². The quantitative estimate of drug-likeness (QED) is 0.870. The van der Waals surface area contributed by atoms with E-state index in [9.17, 15) is 19.1 Å². The Morgan fingerprint density at radius 1 is 1.28 bits per heavy atom. The lowest BCUT2D eigenvalue weighted by Gasteiger charge is -2.19. The first-order valence-corrected chi connectivity index (χ1v) is 7.92. The van der Waals surface area contributed by atoms with E-state index in [0.29, 0.717) is 11.1 Å². The SMILES string of the molecule is Cc1cc(C(NC(=O)C(C)c2c(C)nn(C)c2C)C(=O)O)ccc1F. The van der Waals surface area contributed by atoms with Crippen LogP contribution >= 0.6 is 0 Å². The summed E-state index contributed by atoms with van der Waals surface area (Å²) in [7, 11) is 1.79. The first-order valence-electron chi connectivity index (χ1n) is 7.92. The van der Waals surface area contributed by atoms with Crippen LogP contribution in [0.1, 0.15) is 47.0 Å². The molecule has 25 heavy (non-hydrogen) atoms. The molecule has 0 aliphatic carbocycles. The van der Waals surface area contributed by atoms with Crippen LogP contribution in [0, 0.1) is 26.6 Å². The number of nitrogens with zero attached hydrogens (tertiary/aromatic N) is 2. The molecule has 1 aromatic carbocycles. The smallest absolute Gasteiger partial charge is 0.330 e. The fraction of sp³-hybridized carbons (Fsp3) is 0.389. The van der Waals surface area contributed by atoms with Gasteiger partial charge in [0, 0.05) is 18.3 Å². The molecule has 1 amide bonds. The first-order chi connectivity index (χ1) is 11.6. The van der Waals surface area contributed by atoms with E-state index in [1.54, 1.807) is 25.6 Å². The number of benzene rings is 1. The van der Waals surface area contributed by atoms with Crippen molar-refractivity contribution in [3.8, 4) is 0 Å². The molecular formula is C18H22FN3O3. The second kappa shape index (κ2) is 7.04. The molecule has 6 nitrogen and oxygen atoms in total. The summed E-state index contributed by atoms with van der Waals surface area (Å²) in [4.78, 5) is 24.2. The Labute approximate surface area is 145 Å². The van der Waals surface area contributed by atoms with Crippen molar-refractivity contribution < 1.29 is 19.1 Å². The van der Waals surface area contributed by atoms with E-state index in [1.807, 2.05) is 13.8 Å². The maximum Gasteiger partial charge on any atom is 0.330 e. The van der Waals surface area contributed by atoms with Gasteiger partial charge in [0.15, 0.2) is 6.04 Å². The van der Waals surface area contributed by atoms with Crippen LogP contribution in [0.4, 0.5) is 4.39 Å². The Kier molecular flexibility index (Phi) is 5.25. The van der Waals surface area contributed by atoms with Gasteiger partial charge >= 0.3 is 5.97 Å². The molecule has 2 N–H and O–H groups in total. The van der Waals surface area contributed by atoms with Gasteiger partial charge in [-0.05, 0) is 44.9 Å². The van der Waals surface area contributed by atoms with Crippen LogP contribution in [0.5, 0.6) is 0 Å². The lowest BCUT2D eigenvalue weighted by Crippen LogP contribution is -2.36. The van der Waals surface area contributed by atoms with Crippen molar-refractivity contribution in [2.24, 2.45) is 7.05 Å². The fourth-order valence-electron chi connectivity index (χ4n) is 2.95. The summed E-state index contributed by atoms with van der Waals surface area (Å²) in [6, 6.07) is 2.75. The molecule has 2 aromatic rings. The maximum absolute atomic E-state index is 13.4. The van der Waals surface area contributed by atoms with Crippen LogP contribution in [-0.2, 0) is 16.6 Å². The summed E-state index contributed by atoms with van der Waals surface area (Å²) in [6.07, 6.45) is 0. The minimum absolute atomic E-state index is 0.324. The van der Waals surface area contributed by atoms with Crippen molar-refractivity contribution in [2.45, 2.75) is 39.7 Å². The van der Waals surface area contributed by atoms with Gasteiger partial charge in [-0.15, -0.1) is 0 Å². The van der Waals surface area contributed by atoms with Crippen LogP contribution in [0.2, 0.25) is 0 Å². The minimum Gasteiger partial charge on any atom is -0.479 e. The van der Waals surface area contributed by atoms with Crippen molar-refractivity contribution in [1.29, 1.82) is 0 Å². The molecule has 2 atom stereocenters. The normalized spacial score (nSPS) is 13.4. The number of carbonyl (C=O) groups excluding carboxylic acids is 1. The molecule has 0 aliphatic heterocycles. The second-order valence-corrected chi connectivity index (χ2v) is 6.22. The van der Waals surface area contributed by atoms with Crippen molar-refractivity contribution >= 4 is 11.9 Å². The number of carboxylic acids is 1. The molecule has 0 fully saturated rings. The molecule has 2 unspecified atom stereocenters. The number of amides is 1. The van der Waals surface area contributed by atoms with Gasteiger partial charge in [-0.2, -0.15) is 5.10 Å². The van der Waals surface area contributed by atoms with Crippen LogP contribution in [-0.4, -0.2) is 26.8 Å². The Bertz CT molecular complexity index is 829. The Hall–Kier alpha value is -2.70. The molecule has 0 saturated heterocycles. The second-order valence-electron chi connectivity index (χ2n) is 6.22. The van der Waals surface area contributed by atoms with Crippen LogP contribution in [0.3, 0.4) is 0 Å². The molecule has 0 aliphatic rings. The van der Waals surface area contributed by atoms with E-state index in [2.05, 4.69) is 10.4 Å². The number of rotatable bonds is 5. The molecule has 1 aromatic heterocycles. The summed E-state index contributed by atoms with van der Waals surface area (Å²) in [5, 5.41) is 16.3. The zero-order chi connectivity index (χ0) is 18.9. The van der Waals surface area contributed by atoms with Crippen LogP contribution in [0.25, 0.3) is 0 Å². The van der Waals surface area contributed by atoms with E-state index >= 15 is 0 Å². The Morgan fingerprint density at radius 3 is 2.40 bits per heavy atom. The van der Waals surface area contributed by atoms with Gasteiger partial charge in [0.25, 0.3) is 0 Å². The predicted molar refractivity (Wildman–Crippen MR) is 90.8 cm³/mol. The van der Waals surface area contributed by atoms with E-state index in [-0.39, 0.29) is 0 Å². The lowest BCUT2D eigenvalue weighted by atomic mass is 9.97. The number of hydrogen-bond donors (Lipinski definition) is 2. The molecule has 1 heterocycles. The molecule has 0 spiro atoms. The maximum atomic E-state index is 13.4. The van der Waals surface area contributed by atoms with Gasteiger partial charge in [-0.1, -0.05) is 12.1 Å². The summed E-state index contributed by atoms with van der Waals surface area (Å²) in [5.41, 5.74) is 3.01. The largest absolute Gasteiger partial charge is 0.479 e. The summed E-state index contributed by atoms with van der Waals surface area (Å²) in [6.45, 7) is 6.92. The van der Waals surface area contributed by atoms with Gasteiger partial charge in [0.2, 0.25) is 5.91 Å². The highest BCUT2D eigenvalue weighted by Gasteiger charge is 2.28. The van der Waals surface area contributed by atoms with Crippen LogP contribution in [0.15, 0.2) is 18.2 Å². The average Bonchev–Trinajstić information content (AvgIpc) is 2.79. The fourth-order valence-corrected chi connectivity index (χ4v) is 2.95. The highest BCUT2D eigenvalue weighted by molar-refractivity contribution is 5.88. The standard InChI is InChI=1S/C18H22FN3O3/c1-9-8-13(6-7-14(9)19)16(18(24)25)20-17(23)10(2)15-11(3)21-22(5)12(15)4/h6-8,10,16H,1-5H3,(H,20,23)(H,24,25). The van der Waals surface area contributed by atoms with Crippen molar-refractivity contribution in [3.63, 3.8) is 0 Å². The molecular weight excluding hydrogens is 325 g/mol. The van der Waals surface area contributed by atoms with Gasteiger partial charge in [-0.3, -0.25) is 9.48 Å². The van der Waals surface area contributed by atoms with Crippen molar-refractivity contribution in [3.05, 3.63) is 52.1 Å². The third kappa shape index (κ3) is 3.70. The highest BCUT2D eigenvalue weighted by Crippen LogP contribution is 2.25. The van der Waals surface area contributed by atoms with Gasteiger partial charge < -0.3 is 10.4 Å². The zero-order valence-electron chi connectivity index (χ0n) is 14.9. The van der Waals surface area contributed by atoms with Crippen LogP contribution < -0.4 is 5.32 Å². The molecule has 0 radical (unpaired) electrons. The topological polar surface area (TPSA) is 84.2 Å². The minimum atomic E-state index is -1.24.